The van der Waals surface area contributed by atoms with Gasteiger partial charge in [0.1, 0.15) is 0 Å². The van der Waals surface area contributed by atoms with Crippen LogP contribution in [0.25, 0.3) is 0 Å². The molecule has 1 aromatic rings. The maximum absolute atomic E-state index is 13.4. The van der Waals surface area contributed by atoms with Crippen LogP contribution in [0.4, 0.5) is 0 Å². The summed E-state index contributed by atoms with van der Waals surface area (Å²) in [7, 11) is 0. The number of hydroxylamine groups is 1. The smallest absolute Gasteiger partial charge is 0.263 e. The second kappa shape index (κ2) is 4.68. The fourth-order valence-corrected chi connectivity index (χ4v) is 5.40. The zero-order valence-corrected chi connectivity index (χ0v) is 13.3. The third-order valence-electron chi connectivity index (χ3n) is 6.36. The molecule has 1 saturated carbocycles. The van der Waals surface area contributed by atoms with E-state index in [9.17, 15) is 15.5 Å². The molecule has 0 bridgehead atoms. The highest BCUT2D eigenvalue weighted by atomic mass is 16.8. The third-order valence-corrected chi connectivity index (χ3v) is 6.36. The lowest BCUT2D eigenvalue weighted by molar-refractivity contribution is -0.808. The van der Waals surface area contributed by atoms with Crippen molar-refractivity contribution in [2.75, 3.05) is 26.3 Å². The summed E-state index contributed by atoms with van der Waals surface area (Å²) in [5, 5.41) is 40.6. The first-order chi connectivity index (χ1) is 11.6. The van der Waals surface area contributed by atoms with Crippen molar-refractivity contribution in [1.29, 1.82) is 0 Å². The van der Waals surface area contributed by atoms with Crippen LogP contribution in [0.3, 0.4) is 0 Å². The Hall–Kier alpha value is -1.71. The van der Waals surface area contributed by atoms with Gasteiger partial charge in [-0.2, -0.15) is 4.74 Å². The van der Waals surface area contributed by atoms with Gasteiger partial charge in [0.25, 0.3) is 5.69 Å². The molecule has 2 aliphatic carbocycles. The van der Waals surface area contributed by atoms with E-state index < -0.39 is 11.3 Å². The first-order valence-electron chi connectivity index (χ1n) is 8.58. The van der Waals surface area contributed by atoms with Crippen LogP contribution in [-0.4, -0.2) is 57.6 Å². The molecule has 5 rings (SSSR count). The Bertz CT molecular complexity index is 727. The zero-order chi connectivity index (χ0) is 16.5. The lowest BCUT2D eigenvalue weighted by Gasteiger charge is -2.41. The first-order valence-corrected chi connectivity index (χ1v) is 8.58. The predicted octanol–water partition coefficient (Wildman–Crippen LogP) is -0.765. The lowest BCUT2D eigenvalue weighted by Crippen LogP contribution is -2.60. The van der Waals surface area contributed by atoms with Crippen LogP contribution < -0.4 is 4.90 Å². The Balaban J connectivity index is 1.69. The lowest BCUT2D eigenvalue weighted by atomic mass is 9.73. The maximum Gasteiger partial charge on any atom is 0.263 e. The maximum atomic E-state index is 13.4. The van der Waals surface area contributed by atoms with Crippen molar-refractivity contribution in [1.82, 2.24) is 10.1 Å². The molecule has 0 spiro atoms. The van der Waals surface area contributed by atoms with Crippen LogP contribution in [0.2, 0.25) is 0 Å². The van der Waals surface area contributed by atoms with E-state index in [4.69, 9.17) is 9.37 Å². The van der Waals surface area contributed by atoms with Crippen molar-refractivity contribution in [3.8, 4) is 0 Å². The molecule has 3 atom stereocenters. The fourth-order valence-electron chi connectivity index (χ4n) is 5.40. The highest BCUT2D eigenvalue weighted by Gasteiger charge is 2.75. The van der Waals surface area contributed by atoms with Gasteiger partial charge in [0, 0.05) is 37.5 Å². The van der Waals surface area contributed by atoms with E-state index in [1.165, 1.54) is 0 Å². The summed E-state index contributed by atoms with van der Waals surface area (Å²) < 4.78 is 11.2. The molecule has 1 N–H and O–H groups in total. The Labute approximate surface area is 138 Å². The highest BCUT2D eigenvalue weighted by Crippen LogP contribution is 2.56. The molecule has 24 heavy (non-hydrogen) atoms. The minimum absolute atomic E-state index is 0.238. The number of aromatic nitrogens is 2. The second-order valence-electron chi connectivity index (χ2n) is 7.16. The highest BCUT2D eigenvalue weighted by molar-refractivity contribution is 5.92. The molecular weight excluding hydrogens is 316 g/mol. The monoisotopic (exact) mass is 336 g/mol. The van der Waals surface area contributed by atoms with E-state index in [-0.39, 0.29) is 11.6 Å². The quantitative estimate of drug-likeness (QED) is 0.530. The van der Waals surface area contributed by atoms with Gasteiger partial charge in [-0.25, -0.2) is 4.90 Å². The molecule has 130 valence electrons. The topological polar surface area (TPSA) is 112 Å². The van der Waals surface area contributed by atoms with Crippen molar-refractivity contribution < 1.29 is 24.1 Å². The van der Waals surface area contributed by atoms with Crippen LogP contribution in [0.1, 0.15) is 37.1 Å². The van der Waals surface area contributed by atoms with Crippen LogP contribution in [-0.2, 0) is 16.8 Å². The summed E-state index contributed by atoms with van der Waals surface area (Å²) in [6.07, 6.45) is 3.02. The van der Waals surface area contributed by atoms with Crippen molar-refractivity contribution in [2.24, 2.45) is 5.92 Å². The first kappa shape index (κ1) is 14.6. The van der Waals surface area contributed by atoms with Crippen LogP contribution in [0.5, 0.6) is 0 Å². The SMILES string of the molecule is [O-][N+]1=C2CCc3c(no[n+]3[O-])[C@]2(O)[C@H]2CCC[C@@]21N1CCOCC1. The molecule has 0 radical (unpaired) electrons. The van der Waals surface area contributed by atoms with E-state index >= 15 is 0 Å². The van der Waals surface area contributed by atoms with E-state index in [0.29, 0.717) is 61.9 Å². The second-order valence-corrected chi connectivity index (χ2v) is 7.16. The van der Waals surface area contributed by atoms with E-state index in [1.807, 2.05) is 0 Å². The van der Waals surface area contributed by atoms with Gasteiger partial charge in [-0.3, -0.25) is 4.63 Å². The number of ether oxygens (including phenoxy) is 1. The molecule has 4 aliphatic rings. The van der Waals surface area contributed by atoms with Gasteiger partial charge in [0.15, 0.2) is 0 Å². The molecule has 2 fully saturated rings. The summed E-state index contributed by atoms with van der Waals surface area (Å²) in [6, 6.07) is 0. The van der Waals surface area contributed by atoms with Crippen LogP contribution >= 0.6 is 0 Å². The Morgan fingerprint density at radius 2 is 2.04 bits per heavy atom. The number of hydrogen-bond donors (Lipinski definition) is 1. The molecule has 9 heteroatoms. The van der Waals surface area contributed by atoms with E-state index in [1.54, 1.807) is 0 Å². The predicted molar refractivity (Wildman–Crippen MR) is 78.8 cm³/mol. The molecule has 0 unspecified atom stereocenters. The Morgan fingerprint density at radius 1 is 1.25 bits per heavy atom. The molecule has 1 saturated heterocycles. The minimum atomic E-state index is -1.50. The Morgan fingerprint density at radius 3 is 2.83 bits per heavy atom. The average molecular weight is 336 g/mol. The van der Waals surface area contributed by atoms with Crippen molar-refractivity contribution in [2.45, 2.75) is 43.4 Å². The van der Waals surface area contributed by atoms with Gasteiger partial charge < -0.3 is 20.3 Å². The van der Waals surface area contributed by atoms with Crippen LogP contribution in [0, 0.1) is 16.3 Å². The largest absolute Gasteiger partial charge is 0.622 e. The number of nitrogens with zero attached hydrogens (tertiary/aromatic N) is 4. The minimum Gasteiger partial charge on any atom is -0.622 e. The average Bonchev–Trinajstić information content (AvgIpc) is 3.25. The summed E-state index contributed by atoms with van der Waals surface area (Å²) >= 11 is 0. The van der Waals surface area contributed by atoms with Gasteiger partial charge in [0.05, 0.1) is 19.1 Å². The molecule has 1 aromatic heterocycles. The standard InChI is InChI=1S/C15H20N4O5/c20-15-11-2-1-5-14(11,17-6-8-23-9-7-17)18(21)12(15)4-3-10-13(15)16-24-19(10)22/h11,20H,1-9H2/t11-,14-,15-/m0/s1. The number of hydrogen-bond acceptors (Lipinski definition) is 7. The number of aliphatic hydroxyl groups is 1. The summed E-state index contributed by atoms with van der Waals surface area (Å²) in [5.74, 6) is -0.306. The number of rotatable bonds is 1. The van der Waals surface area contributed by atoms with Gasteiger partial charge in [0.2, 0.25) is 22.7 Å². The van der Waals surface area contributed by atoms with Gasteiger partial charge >= 0.3 is 0 Å². The molecule has 2 aliphatic heterocycles. The van der Waals surface area contributed by atoms with Gasteiger partial charge in [-0.05, 0) is 17.7 Å². The zero-order valence-electron chi connectivity index (χ0n) is 13.3. The summed E-state index contributed by atoms with van der Waals surface area (Å²) in [6.45, 7) is 2.52. The summed E-state index contributed by atoms with van der Waals surface area (Å²) in [4.78, 5) is 2.53. The molecule has 0 amide bonds. The normalized spacial score (nSPS) is 39.0. The van der Waals surface area contributed by atoms with E-state index in [2.05, 4.69) is 10.1 Å². The molecule has 9 nitrogen and oxygen atoms in total. The molecule has 0 aromatic carbocycles. The number of morpholine rings is 1. The molecule has 3 heterocycles. The van der Waals surface area contributed by atoms with Gasteiger partial charge in [-0.15, -0.1) is 0 Å². The van der Waals surface area contributed by atoms with Crippen molar-refractivity contribution >= 4 is 5.71 Å². The van der Waals surface area contributed by atoms with E-state index in [0.717, 1.165) is 17.6 Å². The van der Waals surface area contributed by atoms with Crippen molar-refractivity contribution in [3.05, 3.63) is 21.8 Å². The number of fused-ring (bicyclic) bond motifs is 5. The summed E-state index contributed by atoms with van der Waals surface area (Å²) in [5.41, 5.74) is -1.24. The fraction of sp³-hybridized carbons (Fsp3) is 0.800. The van der Waals surface area contributed by atoms with Gasteiger partial charge in [-0.1, -0.05) is 0 Å². The van der Waals surface area contributed by atoms with Crippen molar-refractivity contribution in [3.63, 3.8) is 0 Å². The van der Waals surface area contributed by atoms with Crippen LogP contribution in [0.15, 0.2) is 4.63 Å². The third kappa shape index (κ3) is 1.49. The molecular formula is C15H20N4O5. The Kier molecular flexibility index (Phi) is 2.85.